The van der Waals surface area contributed by atoms with E-state index in [1.165, 1.54) is 12.4 Å². The lowest BCUT2D eigenvalue weighted by Gasteiger charge is -2.20. The van der Waals surface area contributed by atoms with Crippen LogP contribution in [0.3, 0.4) is 0 Å². The second kappa shape index (κ2) is 5.71. The number of carbonyl (C=O) groups excluding carboxylic acids is 1. The van der Waals surface area contributed by atoms with Crippen LogP contribution in [-0.2, 0) is 0 Å². The van der Waals surface area contributed by atoms with E-state index >= 15 is 0 Å². The number of nitrogens with two attached hydrogens (primary N) is 1. The minimum atomic E-state index is -0.155. The van der Waals surface area contributed by atoms with E-state index < -0.39 is 0 Å². The molecule has 0 spiro atoms. The number of hydrogen-bond acceptors (Lipinski definition) is 4. The predicted octanol–water partition coefficient (Wildman–Crippen LogP) is 1.04. The average Bonchev–Trinajstić information content (AvgIpc) is 2.30. The highest BCUT2D eigenvalue weighted by Crippen LogP contribution is 2.12. The van der Waals surface area contributed by atoms with Gasteiger partial charge in [-0.1, -0.05) is 0 Å². The third kappa shape index (κ3) is 2.70. The van der Waals surface area contributed by atoms with Gasteiger partial charge in [0.1, 0.15) is 0 Å². The molecule has 1 rings (SSSR count). The number of nitrogens with zero attached hydrogens (tertiary/aromatic N) is 3. The third-order valence-corrected chi connectivity index (χ3v) is 2.24. The molecule has 1 amide bonds. The lowest BCUT2D eigenvalue weighted by molar-refractivity contribution is 0.0769. The van der Waals surface area contributed by atoms with Crippen molar-refractivity contribution in [3.05, 3.63) is 24.0 Å². The van der Waals surface area contributed by atoms with Gasteiger partial charge in [0.15, 0.2) is 0 Å². The van der Waals surface area contributed by atoms with Gasteiger partial charge in [-0.05, 0) is 13.0 Å². The number of nitrogen functional groups attached to an aromatic ring is 1. The van der Waals surface area contributed by atoms with Crippen molar-refractivity contribution in [2.75, 3.05) is 18.8 Å². The molecule has 0 unspecified atom stereocenters. The molecule has 0 aliphatic rings. The molecule has 0 saturated heterocycles. The second-order valence-electron chi connectivity index (χ2n) is 3.26. The molecule has 1 aromatic rings. The number of pyridine rings is 1. The minimum absolute atomic E-state index is 0.155. The molecule has 0 bridgehead atoms. The molecule has 84 valence electrons. The molecule has 2 N–H and O–H groups in total. The van der Waals surface area contributed by atoms with Gasteiger partial charge in [-0.25, -0.2) is 0 Å². The summed E-state index contributed by atoms with van der Waals surface area (Å²) in [5, 5.41) is 8.49. The summed E-state index contributed by atoms with van der Waals surface area (Å²) in [7, 11) is 0. The Morgan fingerprint density at radius 1 is 1.69 bits per heavy atom. The van der Waals surface area contributed by atoms with Crippen molar-refractivity contribution in [1.82, 2.24) is 9.88 Å². The largest absolute Gasteiger partial charge is 0.397 e. The highest BCUT2D eigenvalue weighted by atomic mass is 16.2. The SMILES string of the molecule is CCN(CCC#N)C(=O)c1ccncc1N. The van der Waals surface area contributed by atoms with Gasteiger partial charge < -0.3 is 10.6 Å². The molecule has 0 atom stereocenters. The molecule has 0 saturated carbocycles. The van der Waals surface area contributed by atoms with Gasteiger partial charge >= 0.3 is 0 Å². The van der Waals surface area contributed by atoms with E-state index in [1.54, 1.807) is 11.0 Å². The molecule has 0 fully saturated rings. The van der Waals surface area contributed by atoms with Gasteiger partial charge in [-0.2, -0.15) is 5.26 Å². The maximum atomic E-state index is 12.0. The summed E-state index contributed by atoms with van der Waals surface area (Å²) in [5.74, 6) is -0.155. The fourth-order valence-electron chi connectivity index (χ4n) is 1.36. The molecule has 5 heteroatoms. The van der Waals surface area contributed by atoms with Gasteiger partial charge in [0, 0.05) is 19.3 Å². The first-order valence-corrected chi connectivity index (χ1v) is 5.06. The maximum Gasteiger partial charge on any atom is 0.256 e. The number of aromatic nitrogens is 1. The van der Waals surface area contributed by atoms with Crippen molar-refractivity contribution in [2.45, 2.75) is 13.3 Å². The molecule has 1 heterocycles. The monoisotopic (exact) mass is 218 g/mol. The number of carbonyl (C=O) groups is 1. The summed E-state index contributed by atoms with van der Waals surface area (Å²) in [6.07, 6.45) is 3.30. The van der Waals surface area contributed by atoms with Crippen molar-refractivity contribution in [3.8, 4) is 6.07 Å². The number of rotatable bonds is 4. The van der Waals surface area contributed by atoms with Crippen LogP contribution in [0, 0.1) is 11.3 Å². The van der Waals surface area contributed by atoms with Crippen LogP contribution >= 0.6 is 0 Å². The van der Waals surface area contributed by atoms with Crippen LogP contribution in [0.2, 0.25) is 0 Å². The zero-order chi connectivity index (χ0) is 12.0. The van der Waals surface area contributed by atoms with E-state index in [9.17, 15) is 4.79 Å². The molecule has 0 radical (unpaired) electrons. The van der Waals surface area contributed by atoms with Gasteiger partial charge in [-0.15, -0.1) is 0 Å². The summed E-state index contributed by atoms with van der Waals surface area (Å²) in [4.78, 5) is 17.4. The normalized spacial score (nSPS) is 9.50. The Balaban J connectivity index is 2.84. The van der Waals surface area contributed by atoms with Crippen molar-refractivity contribution in [2.24, 2.45) is 0 Å². The fraction of sp³-hybridized carbons (Fsp3) is 0.364. The quantitative estimate of drug-likeness (QED) is 0.818. The van der Waals surface area contributed by atoms with Crippen LogP contribution in [-0.4, -0.2) is 28.9 Å². The number of nitriles is 1. The lowest BCUT2D eigenvalue weighted by atomic mass is 10.2. The van der Waals surface area contributed by atoms with Crippen molar-refractivity contribution >= 4 is 11.6 Å². The van der Waals surface area contributed by atoms with Gasteiger partial charge in [0.2, 0.25) is 0 Å². The Hall–Kier alpha value is -2.09. The molecular weight excluding hydrogens is 204 g/mol. The third-order valence-electron chi connectivity index (χ3n) is 2.24. The van der Waals surface area contributed by atoms with E-state index in [1.807, 2.05) is 13.0 Å². The van der Waals surface area contributed by atoms with E-state index in [2.05, 4.69) is 4.98 Å². The maximum absolute atomic E-state index is 12.0. The highest BCUT2D eigenvalue weighted by molar-refractivity contribution is 5.98. The summed E-state index contributed by atoms with van der Waals surface area (Å²) in [6.45, 7) is 2.85. The summed E-state index contributed by atoms with van der Waals surface area (Å²) >= 11 is 0. The van der Waals surface area contributed by atoms with Crippen LogP contribution < -0.4 is 5.73 Å². The van der Waals surface area contributed by atoms with Crippen LogP contribution in [0.4, 0.5) is 5.69 Å². The van der Waals surface area contributed by atoms with Crippen LogP contribution in [0.15, 0.2) is 18.5 Å². The minimum Gasteiger partial charge on any atom is -0.397 e. The topological polar surface area (TPSA) is 83.0 Å². The standard InChI is InChI=1S/C11H14N4O/c1-2-15(7-3-5-12)11(16)9-4-6-14-8-10(9)13/h4,6,8H,2-3,7,13H2,1H3. The number of anilines is 1. The zero-order valence-electron chi connectivity index (χ0n) is 9.18. The molecule has 0 aliphatic carbocycles. The van der Waals surface area contributed by atoms with Crippen molar-refractivity contribution in [1.29, 1.82) is 5.26 Å². The molecular formula is C11H14N4O. The molecule has 0 aromatic carbocycles. The Morgan fingerprint density at radius 3 is 3.00 bits per heavy atom. The Labute approximate surface area is 94.5 Å². The first-order valence-electron chi connectivity index (χ1n) is 5.06. The predicted molar refractivity (Wildman–Crippen MR) is 60.5 cm³/mol. The Kier molecular flexibility index (Phi) is 4.28. The molecule has 16 heavy (non-hydrogen) atoms. The van der Waals surface area contributed by atoms with Crippen molar-refractivity contribution in [3.63, 3.8) is 0 Å². The first kappa shape index (κ1) is 12.0. The van der Waals surface area contributed by atoms with Gasteiger partial charge in [0.05, 0.1) is 29.9 Å². The zero-order valence-corrected chi connectivity index (χ0v) is 9.18. The van der Waals surface area contributed by atoms with E-state index in [4.69, 9.17) is 11.0 Å². The molecule has 0 aliphatic heterocycles. The number of hydrogen-bond donors (Lipinski definition) is 1. The number of amides is 1. The molecule has 5 nitrogen and oxygen atoms in total. The Bertz CT molecular complexity index is 411. The van der Waals surface area contributed by atoms with Gasteiger partial charge in [-0.3, -0.25) is 9.78 Å². The summed E-state index contributed by atoms with van der Waals surface area (Å²) < 4.78 is 0. The van der Waals surface area contributed by atoms with Crippen LogP contribution in [0.25, 0.3) is 0 Å². The second-order valence-corrected chi connectivity index (χ2v) is 3.26. The van der Waals surface area contributed by atoms with Crippen LogP contribution in [0.1, 0.15) is 23.7 Å². The first-order chi connectivity index (χ1) is 7.70. The fourth-order valence-corrected chi connectivity index (χ4v) is 1.36. The Morgan fingerprint density at radius 2 is 2.44 bits per heavy atom. The van der Waals surface area contributed by atoms with Gasteiger partial charge in [0.25, 0.3) is 5.91 Å². The average molecular weight is 218 g/mol. The van der Waals surface area contributed by atoms with E-state index in [-0.39, 0.29) is 5.91 Å². The van der Waals surface area contributed by atoms with E-state index in [0.717, 1.165) is 0 Å². The summed E-state index contributed by atoms with van der Waals surface area (Å²) in [5.41, 5.74) is 6.47. The molecule has 1 aromatic heterocycles. The lowest BCUT2D eigenvalue weighted by Crippen LogP contribution is -2.32. The van der Waals surface area contributed by atoms with Crippen LogP contribution in [0.5, 0.6) is 0 Å². The smallest absolute Gasteiger partial charge is 0.256 e. The van der Waals surface area contributed by atoms with Crippen molar-refractivity contribution < 1.29 is 4.79 Å². The van der Waals surface area contributed by atoms with E-state index in [0.29, 0.717) is 30.8 Å². The summed E-state index contributed by atoms with van der Waals surface area (Å²) in [6, 6.07) is 3.61. The highest BCUT2D eigenvalue weighted by Gasteiger charge is 2.15.